The molecule has 3 rings (SSSR count). The predicted molar refractivity (Wildman–Crippen MR) is 108 cm³/mol. The standard InChI is InChI=1S/C20H28N6O2/c1-5-14-10-17-16(12-21-14)18(24-26(17)4)19(27)22-11-13-6-8-15(9-7-13)23-20(28)25(2)3/h6-9,14,21H,5,10-12H2,1-4H3,(H,22,27)(H,23,28). The molecule has 150 valence electrons. The Morgan fingerprint density at radius 2 is 2.00 bits per heavy atom. The molecule has 2 aromatic rings. The molecule has 0 saturated carbocycles. The smallest absolute Gasteiger partial charge is 0.321 e. The van der Waals surface area contributed by atoms with E-state index in [-0.39, 0.29) is 11.9 Å². The minimum absolute atomic E-state index is 0.168. The number of anilines is 1. The number of nitrogens with one attached hydrogen (secondary N) is 3. The van der Waals surface area contributed by atoms with Gasteiger partial charge in [0.25, 0.3) is 5.91 Å². The van der Waals surface area contributed by atoms with Crippen molar-refractivity contribution in [3.63, 3.8) is 0 Å². The summed E-state index contributed by atoms with van der Waals surface area (Å²) in [5.74, 6) is -0.168. The van der Waals surface area contributed by atoms with E-state index < -0.39 is 0 Å². The maximum absolute atomic E-state index is 12.7. The molecule has 1 unspecified atom stereocenters. The predicted octanol–water partition coefficient (Wildman–Crippen LogP) is 1.87. The highest BCUT2D eigenvalue weighted by Gasteiger charge is 2.26. The van der Waals surface area contributed by atoms with E-state index in [1.165, 1.54) is 4.90 Å². The third kappa shape index (κ3) is 4.33. The van der Waals surface area contributed by atoms with Crippen LogP contribution >= 0.6 is 0 Å². The van der Waals surface area contributed by atoms with Crippen molar-refractivity contribution in [1.29, 1.82) is 0 Å². The van der Waals surface area contributed by atoms with Crippen molar-refractivity contribution in [2.24, 2.45) is 7.05 Å². The first kappa shape index (κ1) is 19.9. The topological polar surface area (TPSA) is 91.3 Å². The van der Waals surface area contributed by atoms with Crippen LogP contribution in [-0.4, -0.2) is 46.8 Å². The molecule has 0 aliphatic carbocycles. The third-order valence-corrected chi connectivity index (χ3v) is 5.05. The fraction of sp³-hybridized carbons (Fsp3) is 0.450. The number of amides is 3. The van der Waals surface area contributed by atoms with Crippen molar-refractivity contribution in [2.75, 3.05) is 19.4 Å². The van der Waals surface area contributed by atoms with E-state index in [9.17, 15) is 9.59 Å². The summed E-state index contributed by atoms with van der Waals surface area (Å²) >= 11 is 0. The second-order valence-corrected chi connectivity index (χ2v) is 7.29. The van der Waals surface area contributed by atoms with Gasteiger partial charge in [-0.15, -0.1) is 0 Å². The van der Waals surface area contributed by atoms with Crippen LogP contribution in [0.4, 0.5) is 10.5 Å². The van der Waals surface area contributed by atoms with Gasteiger partial charge in [-0.25, -0.2) is 4.79 Å². The van der Waals surface area contributed by atoms with Crippen LogP contribution in [0.5, 0.6) is 0 Å². The normalized spacial score (nSPS) is 15.6. The molecule has 0 saturated heterocycles. The quantitative estimate of drug-likeness (QED) is 0.734. The lowest BCUT2D eigenvalue weighted by Gasteiger charge is -2.23. The van der Waals surface area contributed by atoms with E-state index in [4.69, 9.17) is 0 Å². The molecule has 1 atom stereocenters. The van der Waals surface area contributed by atoms with Crippen LogP contribution in [0.1, 0.15) is 40.7 Å². The summed E-state index contributed by atoms with van der Waals surface area (Å²) in [5.41, 5.74) is 4.28. The Bertz CT molecular complexity index is 856. The van der Waals surface area contributed by atoms with Gasteiger partial charge >= 0.3 is 6.03 Å². The molecule has 0 radical (unpaired) electrons. The molecule has 28 heavy (non-hydrogen) atoms. The van der Waals surface area contributed by atoms with Crippen LogP contribution in [0.3, 0.4) is 0 Å². The van der Waals surface area contributed by atoms with Gasteiger partial charge in [0.15, 0.2) is 5.69 Å². The van der Waals surface area contributed by atoms with E-state index in [1.807, 2.05) is 36.0 Å². The van der Waals surface area contributed by atoms with Gasteiger partial charge in [-0.2, -0.15) is 5.10 Å². The first-order chi connectivity index (χ1) is 13.4. The summed E-state index contributed by atoms with van der Waals surface area (Å²) in [6.45, 7) is 3.23. The fourth-order valence-electron chi connectivity index (χ4n) is 3.27. The molecule has 0 fully saturated rings. The molecule has 1 aliphatic rings. The Kier molecular flexibility index (Phi) is 5.99. The largest absolute Gasteiger partial charge is 0.347 e. The molecule has 1 aliphatic heterocycles. The van der Waals surface area contributed by atoms with Crippen molar-refractivity contribution < 1.29 is 9.59 Å². The highest BCUT2D eigenvalue weighted by atomic mass is 16.2. The van der Waals surface area contributed by atoms with Crippen LogP contribution in [0, 0.1) is 0 Å². The molecular weight excluding hydrogens is 356 g/mol. The lowest BCUT2D eigenvalue weighted by atomic mass is 9.99. The zero-order valence-corrected chi connectivity index (χ0v) is 16.9. The minimum Gasteiger partial charge on any atom is -0.347 e. The van der Waals surface area contributed by atoms with Crippen LogP contribution in [0.2, 0.25) is 0 Å². The molecule has 1 aromatic carbocycles. The van der Waals surface area contributed by atoms with Crippen molar-refractivity contribution in [1.82, 2.24) is 25.3 Å². The number of fused-ring (bicyclic) bond motifs is 1. The van der Waals surface area contributed by atoms with Gasteiger partial charge in [0.2, 0.25) is 0 Å². The average Bonchev–Trinajstić information content (AvgIpc) is 3.03. The van der Waals surface area contributed by atoms with Crippen LogP contribution in [0.25, 0.3) is 0 Å². The van der Waals surface area contributed by atoms with Crippen LogP contribution < -0.4 is 16.0 Å². The van der Waals surface area contributed by atoms with E-state index in [1.54, 1.807) is 14.1 Å². The number of hydrogen-bond donors (Lipinski definition) is 3. The summed E-state index contributed by atoms with van der Waals surface area (Å²) in [4.78, 5) is 25.8. The van der Waals surface area contributed by atoms with Crippen molar-refractivity contribution >= 4 is 17.6 Å². The van der Waals surface area contributed by atoms with Crippen molar-refractivity contribution in [2.45, 2.75) is 38.9 Å². The molecule has 2 heterocycles. The molecule has 0 bridgehead atoms. The number of aromatic nitrogens is 2. The molecule has 3 N–H and O–H groups in total. The first-order valence-corrected chi connectivity index (χ1v) is 9.52. The van der Waals surface area contributed by atoms with Gasteiger partial charge in [-0.3, -0.25) is 9.48 Å². The van der Waals surface area contributed by atoms with Crippen LogP contribution in [0.15, 0.2) is 24.3 Å². The highest BCUT2D eigenvalue weighted by molar-refractivity contribution is 5.94. The van der Waals surface area contributed by atoms with E-state index >= 15 is 0 Å². The van der Waals surface area contributed by atoms with Gasteiger partial charge in [0, 0.05) is 63.6 Å². The van der Waals surface area contributed by atoms with Gasteiger partial charge in [0.05, 0.1) is 0 Å². The van der Waals surface area contributed by atoms with E-state index in [2.05, 4.69) is 28.0 Å². The molecule has 8 heteroatoms. The molecule has 1 aromatic heterocycles. The first-order valence-electron chi connectivity index (χ1n) is 9.52. The second-order valence-electron chi connectivity index (χ2n) is 7.29. The highest BCUT2D eigenvalue weighted by Crippen LogP contribution is 2.21. The Morgan fingerprint density at radius 3 is 2.64 bits per heavy atom. The zero-order chi connectivity index (χ0) is 20.3. The van der Waals surface area contributed by atoms with E-state index in [0.717, 1.165) is 29.7 Å². The zero-order valence-electron chi connectivity index (χ0n) is 16.9. The van der Waals surface area contributed by atoms with Gasteiger partial charge in [0.1, 0.15) is 0 Å². The van der Waals surface area contributed by atoms with Crippen molar-refractivity contribution in [3.8, 4) is 0 Å². The summed E-state index contributed by atoms with van der Waals surface area (Å²) in [6, 6.07) is 7.66. The number of carbonyl (C=O) groups is 2. The van der Waals surface area contributed by atoms with Crippen LogP contribution in [-0.2, 0) is 26.6 Å². The molecule has 8 nitrogen and oxygen atoms in total. The number of rotatable bonds is 5. The SMILES string of the molecule is CCC1Cc2c(c(C(=O)NCc3ccc(NC(=O)N(C)C)cc3)nn2C)CN1. The lowest BCUT2D eigenvalue weighted by molar-refractivity contribution is 0.0944. The summed E-state index contributed by atoms with van der Waals surface area (Å²) in [5, 5.41) is 13.6. The monoisotopic (exact) mass is 384 g/mol. The van der Waals surface area contributed by atoms with Gasteiger partial charge in [-0.1, -0.05) is 19.1 Å². The van der Waals surface area contributed by atoms with E-state index in [0.29, 0.717) is 30.5 Å². The minimum atomic E-state index is -0.181. The molecular formula is C20H28N6O2. The molecule has 0 spiro atoms. The third-order valence-electron chi connectivity index (χ3n) is 5.05. The van der Waals surface area contributed by atoms with Gasteiger partial charge in [-0.05, 0) is 24.1 Å². The summed E-state index contributed by atoms with van der Waals surface area (Å²) < 4.78 is 1.83. The van der Waals surface area contributed by atoms with Crippen molar-refractivity contribution in [3.05, 3.63) is 46.8 Å². The number of benzene rings is 1. The maximum Gasteiger partial charge on any atom is 0.321 e. The maximum atomic E-state index is 12.7. The number of carbonyl (C=O) groups excluding carboxylic acids is 2. The summed E-state index contributed by atoms with van der Waals surface area (Å²) in [7, 11) is 5.27. The Hall–Kier alpha value is -2.87. The number of hydrogen-bond acceptors (Lipinski definition) is 4. The van der Waals surface area contributed by atoms with Gasteiger partial charge < -0.3 is 20.9 Å². The number of aryl methyl sites for hydroxylation is 1. The second kappa shape index (κ2) is 8.43. The molecule has 3 amide bonds. The Balaban J connectivity index is 1.61. The number of urea groups is 1. The Morgan fingerprint density at radius 1 is 1.29 bits per heavy atom. The Labute approximate surface area is 165 Å². The average molecular weight is 384 g/mol. The fourth-order valence-corrected chi connectivity index (χ4v) is 3.27. The number of nitrogens with zero attached hydrogens (tertiary/aromatic N) is 3. The summed E-state index contributed by atoms with van der Waals surface area (Å²) in [6.07, 6.45) is 1.94. The lowest BCUT2D eigenvalue weighted by Crippen LogP contribution is -2.36.